The van der Waals surface area contributed by atoms with Gasteiger partial charge in [0.15, 0.2) is 0 Å². The van der Waals surface area contributed by atoms with Gasteiger partial charge in [-0.25, -0.2) is 4.39 Å². The fourth-order valence-electron chi connectivity index (χ4n) is 3.15. The molecule has 0 radical (unpaired) electrons. The molecule has 140 valence electrons. The number of rotatable bonds is 2. The highest BCUT2D eigenvalue weighted by atomic mass is 35.5. The molecule has 2 heterocycles. The van der Waals surface area contributed by atoms with Crippen LogP contribution in [0, 0.1) is 17.1 Å². The molecule has 28 heavy (non-hydrogen) atoms. The van der Waals surface area contributed by atoms with E-state index in [9.17, 15) is 14.4 Å². The highest BCUT2D eigenvalue weighted by Gasteiger charge is 2.24. The maximum absolute atomic E-state index is 13.3. The Bertz CT molecular complexity index is 1140. The first-order valence-electron chi connectivity index (χ1n) is 8.51. The Morgan fingerprint density at radius 3 is 2.86 bits per heavy atom. The van der Waals surface area contributed by atoms with Crippen LogP contribution in [0.3, 0.4) is 0 Å². The van der Waals surface area contributed by atoms with Crippen LogP contribution in [-0.4, -0.2) is 19.6 Å². The van der Waals surface area contributed by atoms with Crippen LogP contribution in [0.25, 0.3) is 10.4 Å². The number of halogens is 2. The second-order valence-corrected chi connectivity index (χ2v) is 7.81. The average molecular weight is 413 g/mol. The van der Waals surface area contributed by atoms with Gasteiger partial charge in [0.1, 0.15) is 11.6 Å². The summed E-state index contributed by atoms with van der Waals surface area (Å²) in [6.45, 7) is 0.496. The lowest BCUT2D eigenvalue weighted by molar-refractivity contribution is 0.0996. The fourth-order valence-corrected chi connectivity index (χ4v) is 4.65. The molecule has 1 aromatic heterocycles. The summed E-state index contributed by atoms with van der Waals surface area (Å²) >= 11 is 7.45. The number of thiophene rings is 1. The van der Waals surface area contributed by atoms with Gasteiger partial charge >= 0.3 is 0 Å². The van der Waals surface area contributed by atoms with Gasteiger partial charge in [-0.2, -0.15) is 5.26 Å². The fraction of sp³-hybridized carbons (Fsp3) is 0.143. The quantitative estimate of drug-likeness (QED) is 0.574. The number of carbonyl (C=O) groups excluding carboxylic acids is 1. The van der Waals surface area contributed by atoms with Crippen LogP contribution >= 0.6 is 22.9 Å². The molecule has 3 aromatic rings. The largest absolute Gasteiger partial charge is 0.493 e. The zero-order chi connectivity index (χ0) is 19.8. The van der Waals surface area contributed by atoms with E-state index in [0.29, 0.717) is 34.9 Å². The minimum atomic E-state index is -0.456. The molecule has 0 atom stereocenters. The smallest absolute Gasteiger partial charge is 0.268 e. The zero-order valence-electron chi connectivity index (χ0n) is 14.8. The zero-order valence-corrected chi connectivity index (χ0v) is 16.4. The lowest BCUT2D eigenvalue weighted by atomic mass is 10.1. The number of nitrogens with zero attached hydrogens (tertiary/aromatic N) is 2. The number of carbonyl (C=O) groups is 1. The molecule has 0 aliphatic carbocycles. The molecule has 0 saturated heterocycles. The van der Waals surface area contributed by atoms with Crippen molar-refractivity contribution in [1.29, 1.82) is 5.26 Å². The molecule has 4 rings (SSSR count). The Balaban J connectivity index is 1.74. The van der Waals surface area contributed by atoms with E-state index < -0.39 is 5.82 Å². The van der Waals surface area contributed by atoms with Crippen molar-refractivity contribution in [2.75, 3.05) is 18.6 Å². The first kappa shape index (κ1) is 18.5. The van der Waals surface area contributed by atoms with Crippen LogP contribution in [-0.2, 0) is 6.42 Å². The van der Waals surface area contributed by atoms with Gasteiger partial charge in [-0.05, 0) is 48.0 Å². The Hall–Kier alpha value is -2.88. The van der Waals surface area contributed by atoms with Crippen molar-refractivity contribution < 1.29 is 13.9 Å². The summed E-state index contributed by atoms with van der Waals surface area (Å²) in [5, 5.41) is 9.38. The monoisotopic (exact) mass is 412 g/mol. The number of amides is 1. The van der Waals surface area contributed by atoms with Gasteiger partial charge in [-0.1, -0.05) is 11.6 Å². The molecule has 1 aliphatic heterocycles. The van der Waals surface area contributed by atoms with E-state index in [1.165, 1.54) is 34.4 Å². The third-order valence-corrected chi connectivity index (χ3v) is 6.08. The summed E-state index contributed by atoms with van der Waals surface area (Å²) in [6, 6.07) is 13.2. The topological polar surface area (TPSA) is 53.3 Å². The number of fused-ring (bicyclic) bond motifs is 3. The molecule has 0 unspecified atom stereocenters. The van der Waals surface area contributed by atoms with Crippen LogP contribution in [0.5, 0.6) is 5.75 Å². The van der Waals surface area contributed by atoms with Gasteiger partial charge in [-0.3, -0.25) is 4.79 Å². The van der Waals surface area contributed by atoms with E-state index >= 15 is 0 Å². The molecule has 0 saturated carbocycles. The SMILES string of the molecule is CN(C(=O)c1cc2c(s1)-c1cc(C#N)ccc1OCC2)c1ccc(F)cc1Cl. The van der Waals surface area contributed by atoms with Crippen LogP contribution in [0.4, 0.5) is 10.1 Å². The number of nitriles is 1. The van der Waals surface area contributed by atoms with Gasteiger partial charge in [0, 0.05) is 23.9 Å². The molecule has 1 aliphatic rings. The van der Waals surface area contributed by atoms with E-state index in [1.54, 1.807) is 25.2 Å². The highest BCUT2D eigenvalue weighted by Crippen LogP contribution is 2.41. The lowest BCUT2D eigenvalue weighted by Crippen LogP contribution is -2.25. The third-order valence-electron chi connectivity index (χ3n) is 4.58. The van der Waals surface area contributed by atoms with Crippen molar-refractivity contribution >= 4 is 34.5 Å². The first-order chi connectivity index (χ1) is 13.5. The van der Waals surface area contributed by atoms with E-state index in [1.807, 2.05) is 6.07 Å². The molecule has 7 heteroatoms. The summed E-state index contributed by atoms with van der Waals surface area (Å²) in [6.07, 6.45) is 0.663. The van der Waals surface area contributed by atoms with Crippen molar-refractivity contribution in [3.8, 4) is 22.3 Å². The third kappa shape index (κ3) is 3.24. The molecule has 0 fully saturated rings. The minimum Gasteiger partial charge on any atom is -0.493 e. The molecule has 0 bridgehead atoms. The van der Waals surface area contributed by atoms with E-state index in [4.69, 9.17) is 16.3 Å². The summed E-state index contributed by atoms with van der Waals surface area (Å²) in [5.41, 5.74) is 2.79. The van der Waals surface area contributed by atoms with Crippen molar-refractivity contribution in [2.45, 2.75) is 6.42 Å². The van der Waals surface area contributed by atoms with Crippen LogP contribution in [0.1, 0.15) is 20.8 Å². The van der Waals surface area contributed by atoms with Gasteiger partial charge in [-0.15, -0.1) is 11.3 Å². The number of ether oxygens (including phenoxy) is 1. The average Bonchev–Trinajstić information content (AvgIpc) is 3.03. The van der Waals surface area contributed by atoms with Crippen molar-refractivity contribution in [3.05, 3.63) is 69.3 Å². The van der Waals surface area contributed by atoms with Crippen LogP contribution < -0.4 is 9.64 Å². The molecule has 0 spiro atoms. The highest BCUT2D eigenvalue weighted by molar-refractivity contribution is 7.17. The number of hydrogen-bond donors (Lipinski definition) is 0. The molecule has 4 nitrogen and oxygen atoms in total. The summed E-state index contributed by atoms with van der Waals surface area (Å²) in [7, 11) is 1.61. The maximum Gasteiger partial charge on any atom is 0.268 e. The molecular weight excluding hydrogens is 399 g/mol. The van der Waals surface area contributed by atoms with Crippen LogP contribution in [0.15, 0.2) is 42.5 Å². The predicted molar refractivity (Wildman–Crippen MR) is 108 cm³/mol. The number of anilines is 1. The Morgan fingerprint density at radius 2 is 2.11 bits per heavy atom. The van der Waals surface area contributed by atoms with Crippen molar-refractivity contribution in [2.24, 2.45) is 0 Å². The number of benzene rings is 2. The molecular formula is C21H14ClFN2O2S. The van der Waals surface area contributed by atoms with E-state index in [0.717, 1.165) is 16.0 Å². The van der Waals surface area contributed by atoms with Gasteiger partial charge in [0.05, 0.1) is 33.8 Å². The first-order valence-corrected chi connectivity index (χ1v) is 9.70. The summed E-state index contributed by atoms with van der Waals surface area (Å²) < 4.78 is 19.1. The predicted octanol–water partition coefficient (Wildman–Crippen LogP) is 5.29. The Morgan fingerprint density at radius 1 is 1.29 bits per heavy atom. The Labute approximate surface area is 170 Å². The standard InChI is InChI=1S/C21H14ClFN2O2S/c1-25(17-4-3-14(23)10-16(17)22)21(26)19-9-13-6-7-27-18-5-2-12(11-24)8-15(18)20(13)28-19/h2-5,8-10H,6-7H2,1H3. The normalized spacial score (nSPS) is 12.2. The lowest BCUT2D eigenvalue weighted by Gasteiger charge is -2.18. The van der Waals surface area contributed by atoms with Gasteiger partial charge in [0.2, 0.25) is 0 Å². The number of hydrogen-bond acceptors (Lipinski definition) is 4. The second-order valence-electron chi connectivity index (χ2n) is 6.35. The van der Waals surface area contributed by atoms with Crippen LogP contribution in [0.2, 0.25) is 5.02 Å². The molecule has 0 N–H and O–H groups in total. The van der Waals surface area contributed by atoms with Crippen molar-refractivity contribution in [1.82, 2.24) is 0 Å². The minimum absolute atomic E-state index is 0.173. The van der Waals surface area contributed by atoms with E-state index in [-0.39, 0.29) is 10.9 Å². The summed E-state index contributed by atoms with van der Waals surface area (Å²) in [4.78, 5) is 15.9. The molecule has 1 amide bonds. The van der Waals surface area contributed by atoms with Gasteiger partial charge in [0.25, 0.3) is 5.91 Å². The Kier molecular flexibility index (Phi) is 4.80. The molecule has 2 aromatic carbocycles. The summed E-state index contributed by atoms with van der Waals surface area (Å²) in [5.74, 6) is 0.0151. The van der Waals surface area contributed by atoms with Crippen molar-refractivity contribution in [3.63, 3.8) is 0 Å². The van der Waals surface area contributed by atoms with E-state index in [2.05, 4.69) is 6.07 Å². The second kappa shape index (κ2) is 7.27. The maximum atomic E-state index is 13.3. The van der Waals surface area contributed by atoms with Gasteiger partial charge < -0.3 is 9.64 Å².